The van der Waals surface area contributed by atoms with Crippen molar-refractivity contribution < 1.29 is 14.3 Å². The van der Waals surface area contributed by atoms with E-state index in [9.17, 15) is 9.59 Å². The molecule has 0 spiro atoms. The molecule has 1 rings (SSSR count). The molecule has 6 nitrogen and oxygen atoms in total. The number of hydrogen-bond donors (Lipinski definition) is 0. The molecule has 1 aromatic heterocycles. The van der Waals surface area contributed by atoms with Gasteiger partial charge in [0, 0.05) is 6.54 Å². The first-order valence-electron chi connectivity index (χ1n) is 4.82. The summed E-state index contributed by atoms with van der Waals surface area (Å²) < 4.78 is 12.1. The second kappa shape index (κ2) is 6.16. The van der Waals surface area contributed by atoms with Crippen LogP contribution in [0.1, 0.15) is 23.8 Å². The lowest BCUT2D eigenvalue weighted by Gasteiger charge is -2.19. The number of nitrogens with zero attached hydrogens (tertiary/aromatic N) is 3. The van der Waals surface area contributed by atoms with E-state index in [4.69, 9.17) is 0 Å². The van der Waals surface area contributed by atoms with Gasteiger partial charge in [-0.25, -0.2) is 0 Å². The molecule has 88 valence electrons. The fraction of sp³-hybridized carbons (Fsp3) is 0.556. The number of hydrogen-bond acceptors (Lipinski definition) is 6. The van der Waals surface area contributed by atoms with Crippen LogP contribution in [0.4, 0.5) is 0 Å². The van der Waals surface area contributed by atoms with Crippen LogP contribution in [0.15, 0.2) is 6.20 Å². The number of amides is 1. The molecule has 0 aliphatic heterocycles. The van der Waals surface area contributed by atoms with E-state index in [1.54, 1.807) is 0 Å². The van der Waals surface area contributed by atoms with Crippen LogP contribution >= 0.6 is 11.7 Å². The largest absolute Gasteiger partial charge is 0.468 e. The Hall–Kier alpha value is -1.50. The molecular formula is C9H13N3O3S. The number of methoxy groups -OCH3 is 1. The summed E-state index contributed by atoms with van der Waals surface area (Å²) in [5.74, 6) is -0.731. The van der Waals surface area contributed by atoms with Crippen LogP contribution in [0.25, 0.3) is 0 Å². The summed E-state index contributed by atoms with van der Waals surface area (Å²) in [6.07, 6.45) is 2.16. The fourth-order valence-corrected chi connectivity index (χ4v) is 1.57. The predicted molar refractivity (Wildman–Crippen MR) is 58.1 cm³/mol. The summed E-state index contributed by atoms with van der Waals surface area (Å²) in [4.78, 5) is 24.4. The molecular weight excluding hydrogens is 230 g/mol. The minimum Gasteiger partial charge on any atom is -0.468 e. The van der Waals surface area contributed by atoms with Crippen LogP contribution < -0.4 is 0 Å². The molecule has 0 radical (unpaired) electrons. The maximum Gasteiger partial charge on any atom is 0.325 e. The van der Waals surface area contributed by atoms with E-state index >= 15 is 0 Å². The monoisotopic (exact) mass is 243 g/mol. The van der Waals surface area contributed by atoms with Gasteiger partial charge in [-0.15, -0.1) is 0 Å². The number of aromatic nitrogens is 2. The Bertz CT molecular complexity index is 353. The van der Waals surface area contributed by atoms with Crippen molar-refractivity contribution in [2.75, 3.05) is 20.2 Å². The number of carbonyl (C=O) groups is 2. The van der Waals surface area contributed by atoms with Crippen LogP contribution in [0.3, 0.4) is 0 Å². The van der Waals surface area contributed by atoms with Crippen molar-refractivity contribution in [2.45, 2.75) is 13.3 Å². The van der Waals surface area contributed by atoms with E-state index in [1.165, 1.54) is 18.2 Å². The molecule has 0 N–H and O–H groups in total. The summed E-state index contributed by atoms with van der Waals surface area (Å²) in [6.45, 7) is 2.36. The summed E-state index contributed by atoms with van der Waals surface area (Å²) in [5.41, 5.74) is 0.266. The van der Waals surface area contributed by atoms with Crippen molar-refractivity contribution in [3.8, 4) is 0 Å². The first-order valence-corrected chi connectivity index (χ1v) is 5.55. The highest BCUT2D eigenvalue weighted by Gasteiger charge is 2.20. The first kappa shape index (κ1) is 12.6. The molecule has 0 saturated heterocycles. The van der Waals surface area contributed by atoms with Crippen LogP contribution in [0.2, 0.25) is 0 Å². The average Bonchev–Trinajstić information content (AvgIpc) is 2.80. The van der Waals surface area contributed by atoms with Crippen molar-refractivity contribution in [3.63, 3.8) is 0 Å². The van der Waals surface area contributed by atoms with E-state index in [2.05, 4.69) is 13.5 Å². The molecule has 0 aromatic carbocycles. The predicted octanol–water partition coefficient (Wildman–Crippen LogP) is 0.563. The number of ether oxygens (including phenoxy) is 1. The molecule has 0 saturated carbocycles. The highest BCUT2D eigenvalue weighted by molar-refractivity contribution is 6.99. The van der Waals surface area contributed by atoms with Gasteiger partial charge in [-0.1, -0.05) is 6.92 Å². The highest BCUT2D eigenvalue weighted by Crippen LogP contribution is 2.03. The second-order valence-corrected chi connectivity index (χ2v) is 3.65. The van der Waals surface area contributed by atoms with E-state index in [1.807, 2.05) is 6.92 Å². The van der Waals surface area contributed by atoms with Gasteiger partial charge in [0.25, 0.3) is 5.91 Å². The minimum atomic E-state index is -0.440. The third-order valence-corrected chi connectivity index (χ3v) is 2.39. The molecule has 0 aliphatic carbocycles. The molecule has 0 atom stereocenters. The zero-order chi connectivity index (χ0) is 12.0. The average molecular weight is 243 g/mol. The summed E-state index contributed by atoms with van der Waals surface area (Å²) in [7, 11) is 1.29. The van der Waals surface area contributed by atoms with Gasteiger partial charge in [0.05, 0.1) is 25.0 Å². The van der Waals surface area contributed by atoms with Gasteiger partial charge in [0.15, 0.2) is 5.69 Å². The number of esters is 1. The smallest absolute Gasteiger partial charge is 0.325 e. The summed E-state index contributed by atoms with van der Waals surface area (Å²) >= 11 is 0.964. The third kappa shape index (κ3) is 3.27. The van der Waals surface area contributed by atoms with Crippen LogP contribution in [0, 0.1) is 0 Å². The SMILES string of the molecule is CCCN(CC(=O)OC)C(=O)c1cnsn1. The van der Waals surface area contributed by atoms with E-state index < -0.39 is 5.97 Å². The Balaban J connectivity index is 2.69. The Morgan fingerprint density at radius 2 is 2.31 bits per heavy atom. The molecule has 0 aliphatic rings. The van der Waals surface area contributed by atoms with Crippen molar-refractivity contribution >= 4 is 23.6 Å². The zero-order valence-electron chi connectivity index (χ0n) is 9.17. The third-order valence-electron chi connectivity index (χ3n) is 1.91. The minimum absolute atomic E-state index is 0.0549. The number of carbonyl (C=O) groups excluding carboxylic acids is 2. The van der Waals surface area contributed by atoms with Gasteiger partial charge in [0.1, 0.15) is 6.54 Å². The van der Waals surface area contributed by atoms with Crippen LogP contribution in [-0.4, -0.2) is 45.7 Å². The summed E-state index contributed by atoms with van der Waals surface area (Å²) in [6, 6.07) is 0. The molecule has 1 amide bonds. The lowest BCUT2D eigenvalue weighted by molar-refractivity contribution is -0.141. The van der Waals surface area contributed by atoms with Gasteiger partial charge in [-0.2, -0.15) is 8.75 Å². The topological polar surface area (TPSA) is 72.4 Å². The molecule has 16 heavy (non-hydrogen) atoms. The van der Waals surface area contributed by atoms with E-state index in [-0.39, 0.29) is 18.1 Å². The van der Waals surface area contributed by atoms with Gasteiger partial charge < -0.3 is 9.64 Å². The Morgan fingerprint density at radius 3 is 2.81 bits per heavy atom. The van der Waals surface area contributed by atoms with Crippen molar-refractivity contribution in [3.05, 3.63) is 11.9 Å². The van der Waals surface area contributed by atoms with Crippen LogP contribution in [-0.2, 0) is 9.53 Å². The van der Waals surface area contributed by atoms with Crippen molar-refractivity contribution in [1.29, 1.82) is 0 Å². The molecule has 0 fully saturated rings. The second-order valence-electron chi connectivity index (χ2n) is 3.10. The fourth-order valence-electron chi connectivity index (χ4n) is 1.16. The molecule has 0 unspecified atom stereocenters. The first-order chi connectivity index (χ1) is 7.69. The standard InChI is InChI=1S/C9H13N3O3S/c1-3-4-12(6-8(13)15-2)9(14)7-5-10-16-11-7/h5H,3-4,6H2,1-2H3. The summed E-state index contributed by atoms with van der Waals surface area (Å²) in [5, 5.41) is 0. The Morgan fingerprint density at radius 1 is 1.56 bits per heavy atom. The van der Waals surface area contributed by atoms with Crippen molar-refractivity contribution in [1.82, 2.24) is 13.6 Å². The zero-order valence-corrected chi connectivity index (χ0v) is 9.99. The highest BCUT2D eigenvalue weighted by atomic mass is 32.1. The van der Waals surface area contributed by atoms with Crippen molar-refractivity contribution in [2.24, 2.45) is 0 Å². The molecule has 1 heterocycles. The lowest BCUT2D eigenvalue weighted by Crippen LogP contribution is -2.36. The van der Waals surface area contributed by atoms with Gasteiger partial charge >= 0.3 is 5.97 Å². The normalized spacial score (nSPS) is 9.88. The maximum atomic E-state index is 11.9. The Labute approximate surface area is 97.5 Å². The van der Waals surface area contributed by atoms with E-state index in [0.29, 0.717) is 6.54 Å². The quantitative estimate of drug-likeness (QED) is 0.707. The molecule has 0 bridgehead atoms. The van der Waals surface area contributed by atoms with Gasteiger partial charge in [-0.05, 0) is 6.42 Å². The van der Waals surface area contributed by atoms with Gasteiger partial charge in [0.2, 0.25) is 0 Å². The lowest BCUT2D eigenvalue weighted by atomic mass is 10.3. The maximum absolute atomic E-state index is 11.9. The molecule has 7 heteroatoms. The van der Waals surface area contributed by atoms with Gasteiger partial charge in [-0.3, -0.25) is 9.59 Å². The van der Waals surface area contributed by atoms with E-state index in [0.717, 1.165) is 18.1 Å². The number of rotatable bonds is 5. The molecule has 1 aromatic rings. The Kier molecular flexibility index (Phi) is 4.84. The van der Waals surface area contributed by atoms with Crippen LogP contribution in [0.5, 0.6) is 0 Å².